The van der Waals surface area contributed by atoms with E-state index < -0.39 is 15.1 Å². The van der Waals surface area contributed by atoms with E-state index in [0.717, 1.165) is 5.56 Å². The molecule has 1 heterocycles. The molecule has 1 aliphatic rings. The molecule has 124 valence electrons. The molecule has 1 fully saturated rings. The van der Waals surface area contributed by atoms with Gasteiger partial charge in [-0.15, -0.1) is 0 Å². The topological polar surface area (TPSA) is 54.5 Å². The first-order valence-corrected chi connectivity index (χ1v) is 9.41. The number of sulfone groups is 1. The molecule has 0 spiro atoms. The maximum atomic E-state index is 12.5. The first-order chi connectivity index (χ1) is 11.5. The summed E-state index contributed by atoms with van der Waals surface area (Å²) >= 11 is 5.78. The van der Waals surface area contributed by atoms with Gasteiger partial charge >= 0.3 is 0 Å². The molecule has 1 amide bonds. The van der Waals surface area contributed by atoms with Gasteiger partial charge in [-0.1, -0.05) is 41.9 Å². The summed E-state index contributed by atoms with van der Waals surface area (Å²) in [4.78, 5) is 13.8. The average molecular weight is 362 g/mol. The minimum Gasteiger partial charge on any atom is -0.336 e. The Morgan fingerprint density at radius 2 is 1.67 bits per heavy atom. The van der Waals surface area contributed by atoms with Crippen LogP contribution in [0.3, 0.4) is 0 Å². The highest BCUT2D eigenvalue weighted by Gasteiger charge is 2.39. The standard InChI is InChI=1S/C18H16ClNO3S/c19-15-7-9-16(10-8-15)24(22,23)17-12-20(13-17)18(21)11-6-14-4-2-1-3-5-14/h1-11,17H,12-13H2. The second-order valence-corrected chi connectivity index (χ2v) is 8.27. The Hall–Kier alpha value is -2.11. The fraction of sp³-hybridized carbons (Fsp3) is 0.167. The van der Waals surface area contributed by atoms with Crippen molar-refractivity contribution in [2.45, 2.75) is 10.1 Å². The molecule has 24 heavy (non-hydrogen) atoms. The number of hydrogen-bond acceptors (Lipinski definition) is 3. The molecule has 1 aliphatic heterocycles. The van der Waals surface area contributed by atoms with Crippen LogP contribution in [0.15, 0.2) is 65.6 Å². The van der Waals surface area contributed by atoms with E-state index in [1.54, 1.807) is 18.2 Å². The number of hydrogen-bond donors (Lipinski definition) is 0. The van der Waals surface area contributed by atoms with Gasteiger partial charge < -0.3 is 4.90 Å². The summed E-state index contributed by atoms with van der Waals surface area (Å²) < 4.78 is 24.9. The van der Waals surface area contributed by atoms with Gasteiger partial charge in [-0.25, -0.2) is 8.42 Å². The van der Waals surface area contributed by atoms with Crippen molar-refractivity contribution in [2.75, 3.05) is 13.1 Å². The van der Waals surface area contributed by atoms with Crippen molar-refractivity contribution in [1.82, 2.24) is 4.90 Å². The van der Waals surface area contributed by atoms with Gasteiger partial charge in [-0.3, -0.25) is 4.79 Å². The number of carbonyl (C=O) groups excluding carboxylic acids is 1. The highest BCUT2D eigenvalue weighted by Crippen LogP contribution is 2.25. The van der Waals surface area contributed by atoms with E-state index in [0.29, 0.717) is 5.02 Å². The van der Waals surface area contributed by atoms with Crippen molar-refractivity contribution in [3.05, 3.63) is 71.3 Å². The molecular weight excluding hydrogens is 346 g/mol. The van der Waals surface area contributed by atoms with Gasteiger partial charge in [0.25, 0.3) is 0 Å². The molecule has 0 unspecified atom stereocenters. The lowest BCUT2D eigenvalue weighted by molar-refractivity contribution is -0.128. The molecule has 2 aromatic rings. The zero-order valence-corrected chi connectivity index (χ0v) is 14.4. The number of carbonyl (C=O) groups is 1. The fourth-order valence-electron chi connectivity index (χ4n) is 2.47. The van der Waals surface area contributed by atoms with E-state index in [1.165, 1.54) is 23.1 Å². The lowest BCUT2D eigenvalue weighted by Gasteiger charge is -2.38. The van der Waals surface area contributed by atoms with E-state index in [4.69, 9.17) is 11.6 Å². The third-order valence-corrected chi connectivity index (χ3v) is 6.32. The summed E-state index contributed by atoms with van der Waals surface area (Å²) in [5.74, 6) is -0.179. The first kappa shape index (κ1) is 16.7. The fourth-order valence-corrected chi connectivity index (χ4v) is 4.25. The van der Waals surface area contributed by atoms with E-state index in [-0.39, 0.29) is 23.9 Å². The number of rotatable bonds is 4. The second kappa shape index (κ2) is 6.79. The molecule has 6 heteroatoms. The van der Waals surface area contributed by atoms with Crippen molar-refractivity contribution in [3.63, 3.8) is 0 Å². The number of nitrogens with zero attached hydrogens (tertiary/aromatic N) is 1. The summed E-state index contributed by atoms with van der Waals surface area (Å²) in [6.45, 7) is 0.422. The Bertz CT molecular complexity index is 855. The largest absolute Gasteiger partial charge is 0.336 e. The number of halogens is 1. The summed E-state index contributed by atoms with van der Waals surface area (Å²) in [5.41, 5.74) is 0.928. The van der Waals surface area contributed by atoms with Gasteiger partial charge in [0.2, 0.25) is 5.91 Å². The highest BCUT2D eigenvalue weighted by atomic mass is 35.5. The van der Waals surface area contributed by atoms with Crippen LogP contribution >= 0.6 is 11.6 Å². The Morgan fingerprint density at radius 1 is 1.04 bits per heavy atom. The molecule has 3 rings (SSSR count). The van der Waals surface area contributed by atoms with Crippen LogP contribution in [-0.4, -0.2) is 37.6 Å². The maximum absolute atomic E-state index is 12.5. The van der Waals surface area contributed by atoms with Gasteiger partial charge in [0.15, 0.2) is 9.84 Å². The van der Waals surface area contributed by atoms with Crippen molar-refractivity contribution in [3.8, 4) is 0 Å². The molecule has 0 radical (unpaired) electrons. The quantitative estimate of drug-likeness (QED) is 0.786. The molecule has 4 nitrogen and oxygen atoms in total. The minimum absolute atomic E-state index is 0.179. The first-order valence-electron chi connectivity index (χ1n) is 7.48. The Morgan fingerprint density at radius 3 is 2.29 bits per heavy atom. The van der Waals surface area contributed by atoms with Crippen molar-refractivity contribution in [2.24, 2.45) is 0 Å². The van der Waals surface area contributed by atoms with E-state index >= 15 is 0 Å². The lowest BCUT2D eigenvalue weighted by Crippen LogP contribution is -2.56. The summed E-state index contributed by atoms with van der Waals surface area (Å²) in [5, 5.41) is -0.0711. The van der Waals surface area contributed by atoms with Crippen molar-refractivity contribution in [1.29, 1.82) is 0 Å². The Kier molecular flexibility index (Phi) is 4.73. The highest BCUT2D eigenvalue weighted by molar-refractivity contribution is 7.92. The molecule has 0 bridgehead atoms. The summed E-state index contributed by atoms with van der Waals surface area (Å²) in [6, 6.07) is 15.6. The molecule has 1 saturated heterocycles. The molecular formula is C18H16ClNO3S. The average Bonchev–Trinajstić information content (AvgIpc) is 2.52. The van der Waals surface area contributed by atoms with Crippen LogP contribution in [0, 0.1) is 0 Å². The van der Waals surface area contributed by atoms with Gasteiger partial charge in [0.05, 0.1) is 4.90 Å². The number of benzene rings is 2. The second-order valence-electron chi connectivity index (χ2n) is 5.61. The summed E-state index contributed by atoms with van der Waals surface area (Å²) in [7, 11) is -3.43. The molecule has 2 aromatic carbocycles. The third kappa shape index (κ3) is 3.52. The zero-order chi connectivity index (χ0) is 17.2. The van der Waals surface area contributed by atoms with Gasteiger partial charge in [-0.2, -0.15) is 0 Å². The maximum Gasteiger partial charge on any atom is 0.246 e. The van der Waals surface area contributed by atoms with E-state index in [9.17, 15) is 13.2 Å². The van der Waals surface area contributed by atoms with Crippen molar-refractivity contribution < 1.29 is 13.2 Å². The predicted molar refractivity (Wildman–Crippen MR) is 94.5 cm³/mol. The van der Waals surface area contributed by atoms with Crippen LogP contribution in [0.4, 0.5) is 0 Å². The third-order valence-electron chi connectivity index (χ3n) is 3.96. The molecule has 0 atom stereocenters. The van der Waals surface area contributed by atoms with Crippen LogP contribution in [0.5, 0.6) is 0 Å². The number of amides is 1. The molecule has 0 N–H and O–H groups in total. The molecule has 0 aromatic heterocycles. The zero-order valence-electron chi connectivity index (χ0n) is 12.8. The van der Waals surface area contributed by atoms with Crippen LogP contribution in [0.1, 0.15) is 5.56 Å². The Balaban J connectivity index is 1.61. The lowest BCUT2D eigenvalue weighted by atomic mass is 10.2. The smallest absolute Gasteiger partial charge is 0.246 e. The predicted octanol–water partition coefficient (Wildman–Crippen LogP) is 3.04. The monoisotopic (exact) mass is 361 g/mol. The van der Waals surface area contributed by atoms with Crippen LogP contribution in [-0.2, 0) is 14.6 Å². The van der Waals surface area contributed by atoms with E-state index in [2.05, 4.69) is 0 Å². The molecule has 0 saturated carbocycles. The van der Waals surface area contributed by atoms with Gasteiger partial charge in [-0.05, 0) is 35.9 Å². The van der Waals surface area contributed by atoms with Crippen LogP contribution in [0.25, 0.3) is 6.08 Å². The van der Waals surface area contributed by atoms with Crippen molar-refractivity contribution >= 4 is 33.4 Å². The van der Waals surface area contributed by atoms with E-state index in [1.807, 2.05) is 30.3 Å². The molecule has 0 aliphatic carbocycles. The van der Waals surface area contributed by atoms with Gasteiger partial charge in [0.1, 0.15) is 5.25 Å². The summed E-state index contributed by atoms with van der Waals surface area (Å²) in [6.07, 6.45) is 3.20. The SMILES string of the molecule is O=C(C=Cc1ccccc1)N1CC(S(=O)(=O)c2ccc(Cl)cc2)C1. The normalized spacial score (nSPS) is 15.5. The minimum atomic E-state index is -3.43. The van der Waals surface area contributed by atoms with Gasteiger partial charge in [0, 0.05) is 24.2 Å². The number of likely N-dealkylation sites (tertiary alicyclic amines) is 1. The van der Waals surface area contributed by atoms with Crippen LogP contribution < -0.4 is 0 Å². The van der Waals surface area contributed by atoms with Crippen LogP contribution in [0.2, 0.25) is 5.02 Å². The Labute approximate surface area is 146 Å².